The molecular weight excluding hydrogens is 370 g/mol. The highest BCUT2D eigenvalue weighted by Crippen LogP contribution is 2.38. The van der Waals surface area contributed by atoms with Gasteiger partial charge in [0.1, 0.15) is 11.5 Å². The third-order valence-electron chi connectivity index (χ3n) is 5.06. The molecule has 7 nitrogen and oxygen atoms in total. The topological polar surface area (TPSA) is 79.9 Å². The van der Waals surface area contributed by atoms with Gasteiger partial charge in [0.2, 0.25) is 5.91 Å². The number of nitrogens with one attached hydrogen (secondary N) is 2. The van der Waals surface area contributed by atoms with Crippen LogP contribution in [0.15, 0.2) is 48.5 Å². The van der Waals surface area contributed by atoms with Crippen molar-refractivity contribution in [2.24, 2.45) is 0 Å². The van der Waals surface area contributed by atoms with E-state index >= 15 is 0 Å². The molecule has 0 spiro atoms. The Balaban J connectivity index is 1.57. The molecule has 1 aliphatic heterocycles. The molecule has 2 N–H and O–H groups in total. The van der Waals surface area contributed by atoms with E-state index in [4.69, 9.17) is 9.47 Å². The average molecular weight is 397 g/mol. The number of methoxy groups -OCH3 is 2. The van der Waals surface area contributed by atoms with Crippen molar-refractivity contribution in [2.45, 2.75) is 25.4 Å². The predicted octanol–water partition coefficient (Wildman–Crippen LogP) is 2.87. The van der Waals surface area contributed by atoms with Gasteiger partial charge in [-0.1, -0.05) is 30.3 Å². The third kappa shape index (κ3) is 5.48. The quantitative estimate of drug-likeness (QED) is 0.751. The van der Waals surface area contributed by atoms with Gasteiger partial charge in [-0.25, -0.2) is 4.79 Å². The van der Waals surface area contributed by atoms with E-state index in [2.05, 4.69) is 15.5 Å². The van der Waals surface area contributed by atoms with Crippen LogP contribution in [-0.2, 0) is 11.3 Å². The second-order valence-electron chi connectivity index (χ2n) is 6.95. The summed E-state index contributed by atoms with van der Waals surface area (Å²) in [7, 11) is 3.26. The molecule has 3 rings (SSSR count). The number of ether oxygens (including phenoxy) is 2. The number of nitrogens with zero attached hydrogens (tertiary/aromatic N) is 1. The first-order chi connectivity index (χ1) is 14.1. The highest BCUT2D eigenvalue weighted by atomic mass is 16.5. The summed E-state index contributed by atoms with van der Waals surface area (Å²) in [5.74, 6) is 1.19. The number of imide groups is 1. The fourth-order valence-electron chi connectivity index (χ4n) is 3.64. The number of benzene rings is 2. The van der Waals surface area contributed by atoms with Gasteiger partial charge in [-0.2, -0.15) is 0 Å². The molecule has 154 valence electrons. The first-order valence-electron chi connectivity index (χ1n) is 9.68. The molecule has 2 aromatic rings. The molecule has 1 heterocycles. The van der Waals surface area contributed by atoms with Crippen LogP contribution in [0.5, 0.6) is 11.5 Å². The highest BCUT2D eigenvalue weighted by molar-refractivity contribution is 5.95. The second-order valence-corrected chi connectivity index (χ2v) is 6.95. The first kappa shape index (κ1) is 20.7. The monoisotopic (exact) mass is 397 g/mol. The van der Waals surface area contributed by atoms with E-state index in [-0.39, 0.29) is 18.5 Å². The second kappa shape index (κ2) is 9.93. The zero-order valence-corrected chi connectivity index (χ0v) is 16.8. The maximum Gasteiger partial charge on any atom is 0.321 e. The largest absolute Gasteiger partial charge is 0.497 e. The molecule has 1 fully saturated rings. The minimum absolute atomic E-state index is 0.0400. The maximum atomic E-state index is 12.4. The Hall–Kier alpha value is -3.06. The minimum atomic E-state index is -0.492. The molecule has 0 saturated carbocycles. The Morgan fingerprint density at radius 3 is 2.62 bits per heavy atom. The van der Waals surface area contributed by atoms with Crippen molar-refractivity contribution in [1.29, 1.82) is 0 Å². The molecule has 1 saturated heterocycles. The fraction of sp³-hybridized carbons (Fsp3) is 0.364. The van der Waals surface area contributed by atoms with Gasteiger partial charge >= 0.3 is 6.03 Å². The Labute approximate surface area is 171 Å². The van der Waals surface area contributed by atoms with Crippen molar-refractivity contribution in [2.75, 3.05) is 27.3 Å². The lowest BCUT2D eigenvalue weighted by atomic mass is 10.0. The molecule has 0 bridgehead atoms. The number of hydrogen-bond acceptors (Lipinski definition) is 5. The minimum Gasteiger partial charge on any atom is -0.497 e. The summed E-state index contributed by atoms with van der Waals surface area (Å²) < 4.78 is 10.8. The highest BCUT2D eigenvalue weighted by Gasteiger charge is 2.30. The van der Waals surface area contributed by atoms with Crippen molar-refractivity contribution in [3.8, 4) is 11.5 Å². The molecule has 2 aromatic carbocycles. The van der Waals surface area contributed by atoms with E-state index in [1.54, 1.807) is 14.2 Å². The Morgan fingerprint density at radius 2 is 1.90 bits per heavy atom. The van der Waals surface area contributed by atoms with E-state index in [9.17, 15) is 9.59 Å². The van der Waals surface area contributed by atoms with E-state index in [0.29, 0.717) is 6.54 Å². The molecule has 0 unspecified atom stereocenters. The van der Waals surface area contributed by atoms with Crippen LogP contribution in [0.25, 0.3) is 0 Å². The van der Waals surface area contributed by atoms with Gasteiger partial charge in [0, 0.05) is 18.2 Å². The standard InChI is InChI=1S/C22H27N3O4/c1-28-17-10-11-20(29-2)18(13-17)19-9-6-12-25(19)15-21(26)24-22(27)23-14-16-7-4-3-5-8-16/h3-5,7-8,10-11,13,19H,6,9,12,14-15H2,1-2H3,(H2,23,24,26,27)/t19-/m1/s1. The van der Waals surface area contributed by atoms with Gasteiger partial charge in [-0.3, -0.25) is 15.0 Å². The number of carbonyl (C=O) groups excluding carboxylic acids is 2. The molecule has 1 atom stereocenters. The van der Waals surface area contributed by atoms with E-state index < -0.39 is 6.03 Å². The lowest BCUT2D eigenvalue weighted by molar-refractivity contribution is -0.121. The average Bonchev–Trinajstić information content (AvgIpc) is 3.20. The van der Waals surface area contributed by atoms with Crippen molar-refractivity contribution < 1.29 is 19.1 Å². The van der Waals surface area contributed by atoms with Gasteiger partial charge in [-0.15, -0.1) is 0 Å². The number of urea groups is 1. The summed E-state index contributed by atoms with van der Waals surface area (Å²) in [5.41, 5.74) is 1.96. The molecule has 0 aliphatic carbocycles. The third-order valence-corrected chi connectivity index (χ3v) is 5.06. The SMILES string of the molecule is COc1ccc(OC)c([C@H]2CCCN2CC(=O)NC(=O)NCc2ccccc2)c1. The summed E-state index contributed by atoms with van der Waals surface area (Å²) in [4.78, 5) is 26.5. The number of amides is 3. The zero-order chi connectivity index (χ0) is 20.6. The summed E-state index contributed by atoms with van der Waals surface area (Å²) in [5, 5.41) is 5.12. The van der Waals surface area contributed by atoms with Gasteiger partial charge in [0.05, 0.1) is 20.8 Å². The van der Waals surface area contributed by atoms with Crippen molar-refractivity contribution in [3.63, 3.8) is 0 Å². The van der Waals surface area contributed by atoms with Gasteiger partial charge in [-0.05, 0) is 43.1 Å². The Kier molecular flexibility index (Phi) is 7.08. The Bertz CT molecular complexity index is 841. The smallest absolute Gasteiger partial charge is 0.321 e. The molecule has 0 radical (unpaired) electrons. The van der Waals surface area contributed by atoms with E-state index in [0.717, 1.165) is 42.0 Å². The molecule has 0 aromatic heterocycles. The van der Waals surface area contributed by atoms with Crippen LogP contribution in [0.2, 0.25) is 0 Å². The molecule has 1 aliphatic rings. The zero-order valence-electron chi connectivity index (χ0n) is 16.8. The summed E-state index contributed by atoms with van der Waals surface area (Å²) in [6.45, 7) is 1.29. The van der Waals surface area contributed by atoms with Gasteiger partial charge in [0.25, 0.3) is 0 Å². The summed E-state index contributed by atoms with van der Waals surface area (Å²) >= 11 is 0. The number of carbonyl (C=O) groups is 2. The molecule has 7 heteroatoms. The lowest BCUT2D eigenvalue weighted by Crippen LogP contribution is -2.44. The Morgan fingerprint density at radius 1 is 1.10 bits per heavy atom. The van der Waals surface area contributed by atoms with Gasteiger partial charge in [0.15, 0.2) is 0 Å². The number of hydrogen-bond donors (Lipinski definition) is 2. The van der Waals surface area contributed by atoms with E-state index in [1.807, 2.05) is 48.5 Å². The molecule has 29 heavy (non-hydrogen) atoms. The van der Waals surface area contributed by atoms with Crippen LogP contribution in [0, 0.1) is 0 Å². The van der Waals surface area contributed by atoms with Crippen molar-refractivity contribution in [1.82, 2.24) is 15.5 Å². The van der Waals surface area contributed by atoms with Crippen LogP contribution in [0.4, 0.5) is 4.79 Å². The molecular formula is C22H27N3O4. The van der Waals surface area contributed by atoms with Gasteiger partial charge < -0.3 is 14.8 Å². The van der Waals surface area contributed by atoms with Crippen molar-refractivity contribution >= 4 is 11.9 Å². The van der Waals surface area contributed by atoms with Crippen LogP contribution in [0.1, 0.15) is 30.0 Å². The predicted molar refractivity (Wildman–Crippen MR) is 110 cm³/mol. The normalized spacial score (nSPS) is 16.3. The molecule has 3 amide bonds. The van der Waals surface area contributed by atoms with Crippen LogP contribution in [-0.4, -0.2) is 44.1 Å². The van der Waals surface area contributed by atoms with Crippen LogP contribution < -0.4 is 20.1 Å². The lowest BCUT2D eigenvalue weighted by Gasteiger charge is -2.25. The summed E-state index contributed by atoms with van der Waals surface area (Å²) in [6, 6.07) is 14.8. The van der Waals surface area contributed by atoms with Crippen molar-refractivity contribution in [3.05, 3.63) is 59.7 Å². The van der Waals surface area contributed by atoms with Crippen LogP contribution >= 0.6 is 0 Å². The fourth-order valence-corrected chi connectivity index (χ4v) is 3.64. The summed E-state index contributed by atoms with van der Waals surface area (Å²) in [6.07, 6.45) is 1.88. The first-order valence-corrected chi connectivity index (χ1v) is 9.68. The number of likely N-dealkylation sites (tertiary alicyclic amines) is 1. The van der Waals surface area contributed by atoms with E-state index in [1.165, 1.54) is 0 Å². The number of rotatable bonds is 7. The van der Waals surface area contributed by atoms with Crippen LogP contribution in [0.3, 0.4) is 0 Å². The maximum absolute atomic E-state index is 12.4.